The smallest absolute Gasteiger partial charge is 0.0866 e. The fraction of sp³-hybridized carbons (Fsp3) is 0.538. The van der Waals surface area contributed by atoms with E-state index in [-0.39, 0.29) is 0 Å². The Labute approximate surface area is 185 Å². The zero-order valence-corrected chi connectivity index (χ0v) is 19.0. The molecule has 1 aliphatic carbocycles. The minimum Gasteiger partial charge on any atom is -0.302 e. The van der Waals surface area contributed by atoms with E-state index in [2.05, 4.69) is 83.0 Å². The number of aryl methyl sites for hydroxylation is 1. The molecule has 3 heteroatoms. The molecule has 2 saturated heterocycles. The van der Waals surface area contributed by atoms with Crippen molar-refractivity contribution in [2.24, 2.45) is 5.92 Å². The summed E-state index contributed by atoms with van der Waals surface area (Å²) < 4.78 is 0.337. The molecule has 29 heavy (non-hydrogen) atoms. The highest BCUT2D eigenvalue weighted by Gasteiger charge is 2.44. The molecule has 2 aromatic carbocycles. The van der Waals surface area contributed by atoms with Crippen LogP contribution in [0.2, 0.25) is 0 Å². The first kappa shape index (κ1) is 20.0. The Morgan fingerprint density at radius 1 is 0.931 bits per heavy atom. The predicted molar refractivity (Wildman–Crippen MR) is 129 cm³/mol. The number of rotatable bonds is 4. The van der Waals surface area contributed by atoms with Gasteiger partial charge in [-0.25, -0.2) is 0 Å². The number of piperidine rings is 1. The summed E-state index contributed by atoms with van der Waals surface area (Å²) in [6.45, 7) is 3.88. The number of hydrogen-bond acceptors (Lipinski definition) is 3. The number of nitrogens with zero attached hydrogens (tertiary/aromatic N) is 1. The van der Waals surface area contributed by atoms with Gasteiger partial charge in [-0.1, -0.05) is 61.0 Å². The number of benzene rings is 2. The summed E-state index contributed by atoms with van der Waals surface area (Å²) in [5, 5.41) is 0.789. The molecule has 2 heterocycles. The predicted octanol–water partition coefficient (Wildman–Crippen LogP) is 6.37. The summed E-state index contributed by atoms with van der Waals surface area (Å²) in [7, 11) is 0. The third-order valence-electron chi connectivity index (χ3n) is 7.03. The lowest BCUT2D eigenvalue weighted by molar-refractivity contribution is 0.186. The molecule has 1 nitrogen and oxygen atoms in total. The Hall–Kier alpha value is -0.900. The van der Waals surface area contributed by atoms with Crippen LogP contribution in [0.25, 0.3) is 0 Å². The van der Waals surface area contributed by atoms with Gasteiger partial charge in [0.05, 0.1) is 4.08 Å². The molecule has 0 saturated carbocycles. The molecule has 0 unspecified atom stereocenters. The van der Waals surface area contributed by atoms with Crippen molar-refractivity contribution in [2.75, 3.05) is 25.4 Å². The standard InChI is InChI=1S/C26H33NS2/c1-2-8-21(9-3-1)18-22-13-16-27(17-14-22)19-24-20-28-26(29-24)15-7-6-11-23-10-4-5-12-25(23)26/h1-5,8-10,12,22,24H,6-7,11,13-20H2/t24-,26+/m1/s1. The molecule has 154 valence electrons. The molecule has 2 aromatic rings. The third-order valence-corrected chi connectivity index (χ3v) is 10.8. The average Bonchev–Trinajstić information content (AvgIpc) is 3.08. The van der Waals surface area contributed by atoms with E-state index < -0.39 is 0 Å². The normalized spacial score (nSPS) is 28.3. The van der Waals surface area contributed by atoms with Crippen LogP contribution in [0, 0.1) is 5.92 Å². The van der Waals surface area contributed by atoms with Gasteiger partial charge >= 0.3 is 0 Å². The van der Waals surface area contributed by atoms with Gasteiger partial charge in [-0.2, -0.15) is 0 Å². The average molecular weight is 424 g/mol. The number of likely N-dealkylation sites (tertiary alicyclic amines) is 1. The number of fused-ring (bicyclic) bond motifs is 2. The summed E-state index contributed by atoms with van der Waals surface area (Å²) >= 11 is 4.57. The summed E-state index contributed by atoms with van der Waals surface area (Å²) in [4.78, 5) is 2.77. The summed E-state index contributed by atoms with van der Waals surface area (Å²) in [6, 6.07) is 20.4. The molecule has 0 bridgehead atoms. The molecule has 1 spiro atoms. The van der Waals surface area contributed by atoms with E-state index >= 15 is 0 Å². The van der Waals surface area contributed by atoms with Crippen molar-refractivity contribution in [1.82, 2.24) is 4.90 Å². The Bertz CT molecular complexity index is 799. The van der Waals surface area contributed by atoms with Crippen LogP contribution in [-0.2, 0) is 16.9 Å². The molecule has 2 aliphatic heterocycles. The van der Waals surface area contributed by atoms with E-state index in [1.807, 2.05) is 0 Å². The Morgan fingerprint density at radius 3 is 2.59 bits per heavy atom. The monoisotopic (exact) mass is 423 g/mol. The van der Waals surface area contributed by atoms with Crippen LogP contribution in [-0.4, -0.2) is 35.5 Å². The lowest BCUT2D eigenvalue weighted by Gasteiger charge is -2.34. The number of hydrogen-bond donors (Lipinski definition) is 0. The van der Waals surface area contributed by atoms with E-state index in [0.29, 0.717) is 4.08 Å². The van der Waals surface area contributed by atoms with E-state index in [1.165, 1.54) is 75.9 Å². The van der Waals surface area contributed by atoms with Crippen LogP contribution >= 0.6 is 23.5 Å². The summed E-state index contributed by atoms with van der Waals surface area (Å²) in [5.41, 5.74) is 4.78. The van der Waals surface area contributed by atoms with Gasteiger partial charge in [-0.15, -0.1) is 23.5 Å². The Morgan fingerprint density at radius 2 is 1.72 bits per heavy atom. The molecule has 3 aliphatic rings. The maximum atomic E-state index is 2.77. The maximum absolute atomic E-state index is 2.77. The molecule has 0 radical (unpaired) electrons. The number of thioether (sulfide) groups is 2. The fourth-order valence-corrected chi connectivity index (χ4v) is 9.43. The zero-order chi connectivity index (χ0) is 19.5. The Balaban J connectivity index is 1.16. The van der Waals surface area contributed by atoms with Crippen LogP contribution < -0.4 is 0 Å². The topological polar surface area (TPSA) is 3.24 Å². The zero-order valence-electron chi connectivity index (χ0n) is 17.4. The molecule has 0 N–H and O–H groups in total. The largest absolute Gasteiger partial charge is 0.302 e. The van der Waals surface area contributed by atoms with Gasteiger partial charge in [-0.05, 0) is 74.2 Å². The third kappa shape index (κ3) is 4.57. The van der Waals surface area contributed by atoms with Crippen LogP contribution in [0.3, 0.4) is 0 Å². The van der Waals surface area contributed by atoms with E-state index in [0.717, 1.165) is 11.2 Å². The van der Waals surface area contributed by atoms with Gasteiger partial charge in [0.25, 0.3) is 0 Å². The molecule has 0 aromatic heterocycles. The molecular weight excluding hydrogens is 390 g/mol. The lowest BCUT2D eigenvalue weighted by atomic mass is 9.90. The van der Waals surface area contributed by atoms with E-state index in [4.69, 9.17) is 0 Å². The van der Waals surface area contributed by atoms with Crippen molar-refractivity contribution in [1.29, 1.82) is 0 Å². The molecular formula is C26H33NS2. The fourth-order valence-electron chi connectivity index (χ4n) is 5.45. The Kier molecular flexibility index (Phi) is 6.27. The summed E-state index contributed by atoms with van der Waals surface area (Å²) in [6.07, 6.45) is 9.38. The van der Waals surface area contributed by atoms with Gasteiger partial charge < -0.3 is 4.90 Å². The first-order valence-corrected chi connectivity index (χ1v) is 13.3. The quantitative estimate of drug-likeness (QED) is 0.562. The van der Waals surface area contributed by atoms with Gasteiger partial charge in [-0.3, -0.25) is 0 Å². The lowest BCUT2D eigenvalue weighted by Crippen LogP contribution is -2.38. The second kappa shape index (κ2) is 9.08. The minimum atomic E-state index is 0.337. The van der Waals surface area contributed by atoms with Gasteiger partial charge in [0.15, 0.2) is 0 Å². The van der Waals surface area contributed by atoms with Gasteiger partial charge in [0.2, 0.25) is 0 Å². The second-order valence-electron chi connectivity index (χ2n) is 9.10. The van der Waals surface area contributed by atoms with E-state index in [9.17, 15) is 0 Å². The van der Waals surface area contributed by atoms with Gasteiger partial charge in [0, 0.05) is 17.5 Å². The first-order chi connectivity index (χ1) is 14.3. The molecule has 2 fully saturated rings. The molecule has 2 atom stereocenters. The highest BCUT2D eigenvalue weighted by molar-refractivity contribution is 8.21. The van der Waals surface area contributed by atoms with Gasteiger partial charge in [0.1, 0.15) is 0 Å². The van der Waals surface area contributed by atoms with Crippen LogP contribution in [0.15, 0.2) is 54.6 Å². The van der Waals surface area contributed by atoms with E-state index in [1.54, 1.807) is 11.1 Å². The summed E-state index contributed by atoms with van der Waals surface area (Å²) in [5.74, 6) is 2.20. The van der Waals surface area contributed by atoms with Crippen molar-refractivity contribution in [3.63, 3.8) is 0 Å². The van der Waals surface area contributed by atoms with Crippen LogP contribution in [0.5, 0.6) is 0 Å². The highest BCUT2D eigenvalue weighted by atomic mass is 32.2. The minimum absolute atomic E-state index is 0.337. The SMILES string of the molecule is c1ccc(CC2CCN(C[C@@H]3CS[C@@]4(CCCCc5ccccc54)S3)CC2)cc1. The second-order valence-corrected chi connectivity index (χ2v) is 12.3. The molecule has 0 amide bonds. The van der Waals surface area contributed by atoms with Crippen molar-refractivity contribution >= 4 is 23.5 Å². The van der Waals surface area contributed by atoms with Crippen molar-refractivity contribution in [3.05, 3.63) is 71.3 Å². The molecule has 5 rings (SSSR count). The van der Waals surface area contributed by atoms with Crippen molar-refractivity contribution in [2.45, 2.75) is 54.3 Å². The maximum Gasteiger partial charge on any atom is 0.0866 e. The van der Waals surface area contributed by atoms with Crippen molar-refractivity contribution < 1.29 is 0 Å². The van der Waals surface area contributed by atoms with Crippen LogP contribution in [0.4, 0.5) is 0 Å². The van der Waals surface area contributed by atoms with Crippen LogP contribution in [0.1, 0.15) is 48.8 Å². The van der Waals surface area contributed by atoms with Crippen molar-refractivity contribution in [3.8, 4) is 0 Å². The highest BCUT2D eigenvalue weighted by Crippen LogP contribution is 2.59. The first-order valence-electron chi connectivity index (χ1n) is 11.5.